The van der Waals surface area contributed by atoms with Crippen LogP contribution >= 0.6 is 0 Å². The van der Waals surface area contributed by atoms with Gasteiger partial charge in [0.25, 0.3) is 5.91 Å². The summed E-state index contributed by atoms with van der Waals surface area (Å²) in [6.45, 7) is 2.02. The van der Waals surface area contributed by atoms with Crippen molar-refractivity contribution in [2.45, 2.75) is 6.92 Å². The van der Waals surface area contributed by atoms with Crippen molar-refractivity contribution >= 4 is 28.4 Å². The molecule has 0 saturated carbocycles. The number of aryl methyl sites for hydroxylation is 1. The molecular formula is C24H19N3O5. The minimum Gasteiger partial charge on any atom is -0.493 e. The van der Waals surface area contributed by atoms with Gasteiger partial charge in [-0.1, -0.05) is 18.2 Å². The first kappa shape index (κ1) is 19.6. The van der Waals surface area contributed by atoms with Crippen molar-refractivity contribution in [2.24, 2.45) is 4.99 Å². The Kier molecular flexibility index (Phi) is 4.95. The molecule has 0 unspecified atom stereocenters. The predicted octanol–water partition coefficient (Wildman–Crippen LogP) is 4.36. The second kappa shape index (κ2) is 8.07. The molecule has 0 spiro atoms. The summed E-state index contributed by atoms with van der Waals surface area (Å²) in [5, 5.41) is 3.52. The molecule has 8 nitrogen and oxygen atoms in total. The Morgan fingerprint density at radius 1 is 1.06 bits per heavy atom. The van der Waals surface area contributed by atoms with E-state index in [4.69, 9.17) is 18.6 Å². The van der Waals surface area contributed by atoms with Crippen LogP contribution in [0.4, 0.5) is 11.5 Å². The Hall–Kier alpha value is -4.33. The van der Waals surface area contributed by atoms with Crippen molar-refractivity contribution in [1.29, 1.82) is 0 Å². The van der Waals surface area contributed by atoms with Crippen LogP contribution in [0.5, 0.6) is 17.2 Å². The Labute approximate surface area is 183 Å². The molecule has 32 heavy (non-hydrogen) atoms. The molecule has 5 rings (SSSR count). The fourth-order valence-electron chi connectivity index (χ4n) is 3.40. The fourth-order valence-corrected chi connectivity index (χ4v) is 3.40. The molecule has 1 amide bonds. The van der Waals surface area contributed by atoms with Crippen LogP contribution in [0.3, 0.4) is 0 Å². The van der Waals surface area contributed by atoms with E-state index in [0.717, 1.165) is 5.69 Å². The lowest BCUT2D eigenvalue weighted by molar-refractivity contribution is 0.102. The van der Waals surface area contributed by atoms with Gasteiger partial charge in [-0.3, -0.25) is 4.79 Å². The van der Waals surface area contributed by atoms with Crippen molar-refractivity contribution < 1.29 is 23.4 Å². The summed E-state index contributed by atoms with van der Waals surface area (Å²) >= 11 is 0. The summed E-state index contributed by atoms with van der Waals surface area (Å²) in [4.78, 5) is 22.1. The number of para-hydroxylation sites is 1. The molecule has 8 heteroatoms. The van der Waals surface area contributed by atoms with Crippen LogP contribution in [0.2, 0.25) is 0 Å². The molecule has 1 aliphatic heterocycles. The molecule has 0 aliphatic carbocycles. The zero-order chi connectivity index (χ0) is 22.1. The maximum Gasteiger partial charge on any atom is 0.262 e. The quantitative estimate of drug-likeness (QED) is 0.518. The Morgan fingerprint density at radius 2 is 1.91 bits per heavy atom. The van der Waals surface area contributed by atoms with Gasteiger partial charge < -0.3 is 23.9 Å². The number of carbonyl (C=O) groups excluding carboxylic acids is 1. The van der Waals surface area contributed by atoms with E-state index >= 15 is 0 Å². The fraction of sp³-hybridized carbons (Fsp3) is 0.125. The minimum atomic E-state index is -0.393. The number of pyridine rings is 1. The second-order valence-electron chi connectivity index (χ2n) is 7.11. The number of hydrogen-bond acceptors (Lipinski definition) is 7. The smallest absolute Gasteiger partial charge is 0.262 e. The molecule has 0 bridgehead atoms. The Bertz CT molecular complexity index is 1410. The maximum absolute atomic E-state index is 13.2. The number of carbonyl (C=O) groups is 1. The summed E-state index contributed by atoms with van der Waals surface area (Å²) in [5.74, 6) is 1.81. The summed E-state index contributed by atoms with van der Waals surface area (Å²) in [6.07, 6.45) is 0. The van der Waals surface area contributed by atoms with Crippen LogP contribution in [0.25, 0.3) is 11.0 Å². The molecule has 4 aromatic rings. The summed E-state index contributed by atoms with van der Waals surface area (Å²) in [7, 11) is 1.56. The van der Waals surface area contributed by atoms with Gasteiger partial charge in [0.2, 0.25) is 12.3 Å². The van der Waals surface area contributed by atoms with E-state index in [0.29, 0.717) is 39.7 Å². The van der Waals surface area contributed by atoms with Crippen molar-refractivity contribution in [2.75, 3.05) is 19.2 Å². The van der Waals surface area contributed by atoms with Gasteiger partial charge in [-0.25, -0.2) is 9.98 Å². The van der Waals surface area contributed by atoms with Crippen LogP contribution in [-0.2, 0) is 0 Å². The third kappa shape index (κ3) is 3.74. The van der Waals surface area contributed by atoms with Crippen LogP contribution in [0.15, 0.2) is 70.1 Å². The highest BCUT2D eigenvalue weighted by atomic mass is 16.7. The largest absolute Gasteiger partial charge is 0.493 e. The van der Waals surface area contributed by atoms with Crippen molar-refractivity contribution in [3.8, 4) is 17.2 Å². The van der Waals surface area contributed by atoms with E-state index in [1.165, 1.54) is 0 Å². The molecule has 2 aromatic heterocycles. The third-order valence-electron chi connectivity index (χ3n) is 4.92. The minimum absolute atomic E-state index is 0.131. The molecule has 0 atom stereocenters. The van der Waals surface area contributed by atoms with E-state index in [9.17, 15) is 4.79 Å². The van der Waals surface area contributed by atoms with Gasteiger partial charge in [-0.05, 0) is 43.3 Å². The first-order chi connectivity index (χ1) is 15.6. The first-order valence-corrected chi connectivity index (χ1v) is 9.91. The first-order valence-electron chi connectivity index (χ1n) is 9.91. The van der Waals surface area contributed by atoms with Crippen LogP contribution in [0.1, 0.15) is 16.1 Å². The molecule has 1 N–H and O–H groups in total. The predicted molar refractivity (Wildman–Crippen MR) is 117 cm³/mol. The third-order valence-corrected chi connectivity index (χ3v) is 4.92. The van der Waals surface area contributed by atoms with Gasteiger partial charge in [-0.2, -0.15) is 0 Å². The number of aromatic nitrogens is 1. The van der Waals surface area contributed by atoms with Crippen molar-refractivity contribution in [3.05, 3.63) is 77.5 Å². The Balaban J connectivity index is 1.66. The van der Waals surface area contributed by atoms with Gasteiger partial charge in [0.05, 0.1) is 12.8 Å². The standard InChI is InChI=1S/C24H19N3O5/c1-14-5-3-8-21(25-14)27-23(28)17-11-15-6-4-7-19(29-2)22(15)32-24(17)26-16-9-10-18-20(12-16)31-13-30-18/h3-12H,13H2,1-2H3,(H,25,27,28). The zero-order valence-electron chi connectivity index (χ0n) is 17.4. The number of anilines is 1. The number of nitrogens with zero attached hydrogens (tertiary/aromatic N) is 2. The molecule has 160 valence electrons. The van der Waals surface area contributed by atoms with Crippen molar-refractivity contribution in [3.63, 3.8) is 0 Å². The van der Waals surface area contributed by atoms with Crippen LogP contribution in [0, 0.1) is 6.92 Å². The van der Waals surface area contributed by atoms with Crippen LogP contribution < -0.4 is 25.1 Å². The Morgan fingerprint density at radius 3 is 2.75 bits per heavy atom. The SMILES string of the molecule is COc1cccc2cc(C(=O)Nc3cccc(C)n3)c(=Nc3ccc4c(c3)OCO4)oc12. The monoisotopic (exact) mass is 429 g/mol. The molecule has 0 fully saturated rings. The van der Waals surface area contributed by atoms with Gasteiger partial charge in [-0.15, -0.1) is 0 Å². The number of rotatable bonds is 4. The molecule has 0 radical (unpaired) electrons. The number of ether oxygens (including phenoxy) is 3. The number of hydrogen-bond donors (Lipinski definition) is 1. The normalized spacial score (nSPS) is 12.8. The highest BCUT2D eigenvalue weighted by Crippen LogP contribution is 2.35. The van der Waals surface area contributed by atoms with E-state index in [1.807, 2.05) is 31.2 Å². The maximum atomic E-state index is 13.2. The van der Waals surface area contributed by atoms with Crippen molar-refractivity contribution in [1.82, 2.24) is 4.98 Å². The zero-order valence-corrected chi connectivity index (χ0v) is 17.4. The number of nitrogens with one attached hydrogen (secondary N) is 1. The molecule has 1 aliphatic rings. The lowest BCUT2D eigenvalue weighted by atomic mass is 10.1. The highest BCUT2D eigenvalue weighted by molar-refractivity contribution is 6.05. The van der Waals surface area contributed by atoms with Gasteiger partial charge >= 0.3 is 0 Å². The number of methoxy groups -OCH3 is 1. The highest BCUT2D eigenvalue weighted by Gasteiger charge is 2.17. The average Bonchev–Trinajstić information content (AvgIpc) is 3.26. The number of fused-ring (bicyclic) bond motifs is 2. The lowest BCUT2D eigenvalue weighted by Crippen LogP contribution is -2.22. The van der Waals surface area contributed by atoms with E-state index in [2.05, 4.69) is 15.3 Å². The summed E-state index contributed by atoms with van der Waals surface area (Å²) in [6, 6.07) is 17.8. The molecule has 2 aromatic carbocycles. The van der Waals surface area contributed by atoms with Crippen LogP contribution in [-0.4, -0.2) is 24.8 Å². The van der Waals surface area contributed by atoms with Gasteiger partial charge in [0, 0.05) is 17.1 Å². The average molecular weight is 429 g/mol. The number of amides is 1. The molecule has 3 heterocycles. The van der Waals surface area contributed by atoms with E-state index in [1.54, 1.807) is 43.5 Å². The second-order valence-corrected chi connectivity index (χ2v) is 7.11. The molecular weight excluding hydrogens is 410 g/mol. The molecule has 0 saturated heterocycles. The number of benzene rings is 2. The summed E-state index contributed by atoms with van der Waals surface area (Å²) < 4.78 is 22.3. The summed E-state index contributed by atoms with van der Waals surface area (Å²) in [5.41, 5.74) is 2.22. The lowest BCUT2D eigenvalue weighted by Gasteiger charge is -2.09. The van der Waals surface area contributed by atoms with Gasteiger partial charge in [0.1, 0.15) is 11.4 Å². The van der Waals surface area contributed by atoms with E-state index < -0.39 is 5.91 Å². The van der Waals surface area contributed by atoms with Gasteiger partial charge in [0.15, 0.2) is 22.8 Å². The topological polar surface area (TPSA) is 95.2 Å². The van der Waals surface area contributed by atoms with E-state index in [-0.39, 0.29) is 17.9 Å².